The van der Waals surface area contributed by atoms with Crippen LogP contribution < -0.4 is 4.90 Å². The number of para-hydroxylation sites is 2. The maximum atomic E-state index is 11.3. The molecule has 3 nitrogen and oxygen atoms in total. The Bertz CT molecular complexity index is 1850. The minimum atomic E-state index is 0.610. The number of aldehydes is 1. The lowest BCUT2D eigenvalue weighted by Gasteiger charge is -2.25. The van der Waals surface area contributed by atoms with Gasteiger partial charge in [0.2, 0.25) is 0 Å². The highest BCUT2D eigenvalue weighted by Gasteiger charge is 2.20. The third kappa shape index (κ3) is 8.65. The van der Waals surface area contributed by atoms with Crippen LogP contribution in [0.3, 0.4) is 0 Å². The first-order chi connectivity index (χ1) is 24.2. The predicted molar refractivity (Wildman–Crippen MR) is 212 cm³/mol. The summed E-state index contributed by atoms with van der Waals surface area (Å²) >= 11 is 3.80. The van der Waals surface area contributed by atoms with Gasteiger partial charge in [-0.25, -0.2) is 0 Å². The largest absolute Gasteiger partial charge is 0.311 e. The molecule has 0 saturated carbocycles. The lowest BCUT2D eigenvalue weighted by Crippen LogP contribution is -2.09. The van der Waals surface area contributed by atoms with Gasteiger partial charge in [-0.1, -0.05) is 101 Å². The molecule has 0 radical (unpaired) electrons. The van der Waals surface area contributed by atoms with Gasteiger partial charge in [0.15, 0.2) is 6.29 Å². The zero-order chi connectivity index (χ0) is 33.8. The summed E-state index contributed by atoms with van der Waals surface area (Å²) in [5.74, 6) is 0. The molecular weight excluding hydrogens is 637 g/mol. The van der Waals surface area contributed by atoms with Gasteiger partial charge in [0.25, 0.3) is 0 Å². The number of aromatic nitrogens is 1. The number of aryl methyl sites for hydroxylation is 2. The second-order valence-electron chi connectivity index (χ2n) is 12.7. The van der Waals surface area contributed by atoms with Crippen LogP contribution in [-0.2, 0) is 12.8 Å². The topological polar surface area (TPSA) is 33.2 Å². The Labute approximate surface area is 300 Å². The zero-order valence-corrected chi connectivity index (χ0v) is 30.4. The monoisotopic (exact) mass is 682 g/mol. The summed E-state index contributed by atoms with van der Waals surface area (Å²) in [5, 5.41) is 0. The molecule has 0 amide bonds. The Morgan fingerprint density at radius 3 is 1.63 bits per heavy atom. The highest BCUT2D eigenvalue weighted by molar-refractivity contribution is 7.25. The molecule has 0 saturated heterocycles. The van der Waals surface area contributed by atoms with Crippen LogP contribution in [-0.4, -0.2) is 11.3 Å². The van der Waals surface area contributed by atoms with Gasteiger partial charge in [0.05, 0.1) is 10.6 Å². The van der Waals surface area contributed by atoms with E-state index in [0.717, 1.165) is 41.9 Å². The summed E-state index contributed by atoms with van der Waals surface area (Å²) in [4.78, 5) is 23.6. The van der Waals surface area contributed by atoms with E-state index in [1.54, 1.807) is 6.20 Å². The first kappa shape index (κ1) is 34.5. The first-order valence-corrected chi connectivity index (χ1v) is 19.5. The molecule has 3 aromatic heterocycles. The van der Waals surface area contributed by atoms with Crippen LogP contribution in [0.25, 0.3) is 30.8 Å². The average molecular weight is 683 g/mol. The normalized spacial score (nSPS) is 11.1. The van der Waals surface area contributed by atoms with E-state index in [0.29, 0.717) is 5.56 Å². The summed E-state index contributed by atoms with van der Waals surface area (Å²) in [6, 6.07) is 39.0. The van der Waals surface area contributed by atoms with Crippen LogP contribution in [0.4, 0.5) is 17.1 Å². The number of carbonyl (C=O) groups is 1. The molecule has 0 aliphatic carbocycles. The minimum Gasteiger partial charge on any atom is -0.311 e. The quantitative estimate of drug-likeness (QED) is 0.0709. The number of pyridine rings is 1. The van der Waals surface area contributed by atoms with Gasteiger partial charge in [-0.05, 0) is 103 Å². The molecule has 0 aliphatic heterocycles. The van der Waals surface area contributed by atoms with Crippen molar-refractivity contribution >= 4 is 46.0 Å². The van der Waals surface area contributed by atoms with Gasteiger partial charge in [0.1, 0.15) is 0 Å². The summed E-state index contributed by atoms with van der Waals surface area (Å²) < 4.78 is 0. The van der Waals surface area contributed by atoms with Crippen LogP contribution in [0, 0.1) is 0 Å². The Kier molecular flexibility index (Phi) is 12.2. The molecule has 0 bridgehead atoms. The smallest absolute Gasteiger partial charge is 0.151 e. The summed E-state index contributed by atoms with van der Waals surface area (Å²) in [7, 11) is 0. The van der Waals surface area contributed by atoms with Gasteiger partial charge in [-0.15, -0.1) is 22.7 Å². The highest BCUT2D eigenvalue weighted by atomic mass is 32.1. The Hall–Kier alpha value is -4.32. The van der Waals surface area contributed by atoms with E-state index in [4.69, 9.17) is 0 Å². The van der Waals surface area contributed by atoms with Crippen molar-refractivity contribution in [2.45, 2.75) is 78.1 Å². The third-order valence-corrected chi connectivity index (χ3v) is 11.6. The average Bonchev–Trinajstić information content (AvgIpc) is 3.78. The number of hydrogen-bond acceptors (Lipinski definition) is 5. The fraction of sp³-hybridized carbons (Fsp3) is 0.273. The number of unbranched alkanes of at least 4 members (excludes halogenated alkanes) is 6. The van der Waals surface area contributed by atoms with E-state index in [9.17, 15) is 4.79 Å². The molecule has 3 aromatic carbocycles. The highest BCUT2D eigenvalue weighted by Crippen LogP contribution is 2.46. The maximum Gasteiger partial charge on any atom is 0.151 e. The van der Waals surface area contributed by atoms with Gasteiger partial charge in [-0.2, -0.15) is 0 Å². The van der Waals surface area contributed by atoms with Crippen molar-refractivity contribution in [2.24, 2.45) is 0 Å². The van der Waals surface area contributed by atoms with Crippen molar-refractivity contribution in [1.29, 1.82) is 0 Å². The van der Waals surface area contributed by atoms with Gasteiger partial charge >= 0.3 is 0 Å². The molecule has 0 atom stereocenters. The van der Waals surface area contributed by atoms with Gasteiger partial charge in [-0.3, -0.25) is 9.78 Å². The molecule has 0 aliphatic rings. The van der Waals surface area contributed by atoms with Crippen molar-refractivity contribution in [3.05, 3.63) is 132 Å². The standard InChI is InChI=1S/C44H46N2OS2/c1-3-5-7-11-17-35-29-41(34-24-26-39(27-25-34)46(37-19-13-9-14-20-37)38-21-15-10-16-22-38)48-43(35)44-36(18-12-8-6-4-2)30-42(49-44)40-28-23-33(32-47)31-45-40/h9-10,13-16,19-32H,3-8,11-12,17-18H2,1-2H3. The van der Waals surface area contributed by atoms with Crippen molar-refractivity contribution in [3.8, 4) is 30.8 Å². The number of nitrogens with zero attached hydrogens (tertiary/aromatic N) is 2. The second kappa shape index (κ2) is 17.4. The van der Waals surface area contributed by atoms with Crippen LogP contribution in [0.2, 0.25) is 0 Å². The molecule has 0 N–H and O–H groups in total. The van der Waals surface area contributed by atoms with E-state index in [2.05, 4.69) is 121 Å². The number of carbonyl (C=O) groups excluding carboxylic acids is 1. The van der Waals surface area contributed by atoms with E-state index in [1.807, 2.05) is 34.8 Å². The molecular formula is C44H46N2OS2. The minimum absolute atomic E-state index is 0.610. The number of anilines is 3. The SMILES string of the molecule is CCCCCCc1cc(-c2ccc(N(c3ccccc3)c3ccccc3)cc2)sc1-c1sc(-c2ccc(C=O)cn2)cc1CCCCCC. The van der Waals surface area contributed by atoms with Crippen molar-refractivity contribution in [3.63, 3.8) is 0 Å². The Morgan fingerprint density at radius 2 is 1.12 bits per heavy atom. The first-order valence-electron chi connectivity index (χ1n) is 17.9. The van der Waals surface area contributed by atoms with E-state index < -0.39 is 0 Å². The van der Waals surface area contributed by atoms with E-state index in [-0.39, 0.29) is 0 Å². The second-order valence-corrected chi connectivity index (χ2v) is 14.8. The van der Waals surface area contributed by atoms with Crippen molar-refractivity contribution in [1.82, 2.24) is 4.98 Å². The van der Waals surface area contributed by atoms with Gasteiger partial charge < -0.3 is 4.90 Å². The summed E-state index contributed by atoms with van der Waals surface area (Å²) in [5.41, 5.74) is 9.12. The van der Waals surface area contributed by atoms with Crippen LogP contribution >= 0.6 is 22.7 Å². The molecule has 0 spiro atoms. The van der Waals surface area contributed by atoms with E-state index in [1.165, 1.54) is 87.6 Å². The molecule has 250 valence electrons. The Balaban J connectivity index is 1.37. The fourth-order valence-corrected chi connectivity index (χ4v) is 8.97. The predicted octanol–water partition coefficient (Wildman–Crippen LogP) is 13.7. The zero-order valence-electron chi connectivity index (χ0n) is 28.7. The summed E-state index contributed by atoms with van der Waals surface area (Å²) in [6.07, 6.45) is 14.7. The molecule has 3 heterocycles. The number of hydrogen-bond donors (Lipinski definition) is 0. The lowest BCUT2D eigenvalue weighted by atomic mass is 10.0. The van der Waals surface area contributed by atoms with Gasteiger partial charge in [0, 0.05) is 43.5 Å². The van der Waals surface area contributed by atoms with Crippen molar-refractivity contribution < 1.29 is 4.79 Å². The fourth-order valence-electron chi connectivity index (χ4n) is 6.36. The van der Waals surface area contributed by atoms with Crippen LogP contribution in [0.1, 0.15) is 86.7 Å². The van der Waals surface area contributed by atoms with Crippen molar-refractivity contribution in [2.75, 3.05) is 4.90 Å². The van der Waals surface area contributed by atoms with Crippen LogP contribution in [0.15, 0.2) is 115 Å². The number of benzene rings is 3. The molecule has 6 aromatic rings. The lowest BCUT2D eigenvalue weighted by molar-refractivity contribution is 0.112. The van der Waals surface area contributed by atoms with E-state index >= 15 is 0 Å². The van der Waals surface area contributed by atoms with Crippen LogP contribution in [0.5, 0.6) is 0 Å². The molecule has 0 fully saturated rings. The Morgan fingerprint density at radius 1 is 0.592 bits per heavy atom. The third-order valence-electron chi connectivity index (χ3n) is 9.04. The summed E-state index contributed by atoms with van der Waals surface area (Å²) in [6.45, 7) is 4.55. The number of rotatable bonds is 17. The number of thiophene rings is 2. The molecule has 49 heavy (non-hydrogen) atoms. The molecule has 5 heteroatoms. The molecule has 6 rings (SSSR count). The maximum absolute atomic E-state index is 11.3. The molecule has 0 unspecified atom stereocenters.